The van der Waals surface area contributed by atoms with Gasteiger partial charge in [-0.2, -0.15) is 0 Å². The smallest absolute Gasteiger partial charge is 0.265 e. The second-order valence-electron chi connectivity index (χ2n) is 8.14. The van der Waals surface area contributed by atoms with E-state index in [0.717, 1.165) is 29.8 Å². The van der Waals surface area contributed by atoms with Gasteiger partial charge in [-0.25, -0.2) is 0 Å². The summed E-state index contributed by atoms with van der Waals surface area (Å²) in [4.78, 5) is 26.7. The first-order chi connectivity index (χ1) is 13.9. The number of rotatable bonds is 7. The lowest BCUT2D eigenvalue weighted by Crippen LogP contribution is -2.38. The molecule has 0 spiro atoms. The van der Waals surface area contributed by atoms with Crippen LogP contribution in [0.15, 0.2) is 42.5 Å². The van der Waals surface area contributed by atoms with Crippen LogP contribution in [0, 0.1) is 0 Å². The Morgan fingerprint density at radius 2 is 1.97 bits per heavy atom. The van der Waals surface area contributed by atoms with E-state index in [9.17, 15) is 9.59 Å². The molecule has 0 unspecified atom stereocenters. The summed E-state index contributed by atoms with van der Waals surface area (Å²) in [6.45, 7) is 9.65. The van der Waals surface area contributed by atoms with Gasteiger partial charge in [0.05, 0.1) is 12.2 Å². The van der Waals surface area contributed by atoms with Crippen LogP contribution in [0.25, 0.3) is 0 Å². The molecule has 5 nitrogen and oxygen atoms in total. The summed E-state index contributed by atoms with van der Waals surface area (Å²) in [5.74, 6) is 0.552. The van der Waals surface area contributed by atoms with Crippen molar-refractivity contribution in [2.45, 2.75) is 52.5 Å². The average Bonchev–Trinajstić information content (AvgIpc) is 2.73. The van der Waals surface area contributed by atoms with Crippen molar-refractivity contribution in [1.82, 2.24) is 5.32 Å². The molecule has 0 aromatic heterocycles. The summed E-state index contributed by atoms with van der Waals surface area (Å²) in [7, 11) is 0. The van der Waals surface area contributed by atoms with E-state index in [-0.39, 0.29) is 23.8 Å². The minimum Gasteiger partial charge on any atom is -0.482 e. The van der Waals surface area contributed by atoms with Crippen molar-refractivity contribution >= 4 is 17.5 Å². The Labute approximate surface area is 173 Å². The van der Waals surface area contributed by atoms with E-state index >= 15 is 0 Å². The third-order valence-corrected chi connectivity index (χ3v) is 5.63. The van der Waals surface area contributed by atoms with E-state index < -0.39 is 0 Å². The fourth-order valence-corrected chi connectivity index (χ4v) is 3.33. The molecule has 1 heterocycles. The second-order valence-corrected chi connectivity index (χ2v) is 8.14. The summed E-state index contributed by atoms with van der Waals surface area (Å²) in [5, 5.41) is 2.89. The lowest BCUT2D eigenvalue weighted by atomic mass is 9.82. The maximum absolute atomic E-state index is 12.7. The van der Waals surface area contributed by atoms with Crippen molar-refractivity contribution in [3.8, 4) is 5.75 Å². The third-order valence-electron chi connectivity index (χ3n) is 5.63. The topological polar surface area (TPSA) is 58.6 Å². The largest absolute Gasteiger partial charge is 0.482 e. The number of amides is 2. The van der Waals surface area contributed by atoms with Crippen LogP contribution in [0.4, 0.5) is 5.69 Å². The zero-order chi connectivity index (χ0) is 21.0. The number of benzene rings is 2. The van der Waals surface area contributed by atoms with Gasteiger partial charge in [-0.3, -0.25) is 9.59 Å². The number of fused-ring (bicyclic) bond motifs is 1. The zero-order valence-electron chi connectivity index (χ0n) is 17.7. The van der Waals surface area contributed by atoms with Crippen LogP contribution < -0.4 is 15.0 Å². The highest BCUT2D eigenvalue weighted by Crippen LogP contribution is 2.38. The highest BCUT2D eigenvalue weighted by atomic mass is 16.5. The van der Waals surface area contributed by atoms with Crippen LogP contribution in [-0.4, -0.2) is 25.0 Å². The summed E-state index contributed by atoms with van der Waals surface area (Å²) in [6, 6.07) is 13.6. The van der Waals surface area contributed by atoms with Gasteiger partial charge in [0.15, 0.2) is 6.61 Å². The first kappa shape index (κ1) is 20.9. The number of hydrogen-bond donors (Lipinski definition) is 1. The molecule has 0 fully saturated rings. The lowest BCUT2D eigenvalue weighted by Gasteiger charge is -2.32. The van der Waals surface area contributed by atoms with Crippen molar-refractivity contribution in [3.05, 3.63) is 59.2 Å². The van der Waals surface area contributed by atoms with E-state index in [2.05, 4.69) is 38.2 Å². The van der Waals surface area contributed by atoms with Crippen LogP contribution in [0.1, 0.15) is 62.0 Å². The van der Waals surface area contributed by atoms with E-state index in [1.807, 2.05) is 31.2 Å². The van der Waals surface area contributed by atoms with Gasteiger partial charge in [-0.1, -0.05) is 45.9 Å². The van der Waals surface area contributed by atoms with Crippen LogP contribution in [0.3, 0.4) is 0 Å². The monoisotopic (exact) mass is 394 g/mol. The number of anilines is 1. The summed E-state index contributed by atoms with van der Waals surface area (Å²) in [6.07, 6.45) is 1.89. The van der Waals surface area contributed by atoms with Crippen molar-refractivity contribution in [2.24, 2.45) is 0 Å². The third kappa shape index (κ3) is 4.61. The van der Waals surface area contributed by atoms with E-state index in [1.54, 1.807) is 11.0 Å². The molecule has 0 bridgehead atoms. The van der Waals surface area contributed by atoms with Gasteiger partial charge < -0.3 is 15.0 Å². The van der Waals surface area contributed by atoms with E-state index in [4.69, 9.17) is 4.74 Å². The van der Waals surface area contributed by atoms with Crippen LogP contribution >= 0.6 is 0 Å². The van der Waals surface area contributed by atoms with Gasteiger partial charge in [0, 0.05) is 12.1 Å². The minimum absolute atomic E-state index is 0.0124. The fraction of sp³-hybridized carbons (Fsp3) is 0.417. The molecular formula is C24H30N2O3. The Morgan fingerprint density at radius 1 is 1.17 bits per heavy atom. The Hall–Kier alpha value is -2.82. The molecule has 2 aromatic carbocycles. The minimum atomic E-state index is -0.0885. The Balaban J connectivity index is 1.90. The van der Waals surface area contributed by atoms with E-state index in [0.29, 0.717) is 18.7 Å². The number of nitrogens with one attached hydrogen (secondary N) is 1. The molecule has 2 amide bonds. The SMILES string of the molecule is CCCNC(=O)c1cccc(CN2C(=O)COc3ccc(C(C)(C)CC)cc32)c1. The van der Waals surface area contributed by atoms with Gasteiger partial charge >= 0.3 is 0 Å². The van der Waals surface area contributed by atoms with Gasteiger partial charge in [0.2, 0.25) is 0 Å². The van der Waals surface area contributed by atoms with Crippen LogP contribution in [-0.2, 0) is 16.8 Å². The molecule has 1 N–H and O–H groups in total. The molecule has 3 rings (SSSR count). The van der Waals surface area contributed by atoms with Crippen LogP contribution in [0.2, 0.25) is 0 Å². The number of hydrogen-bond acceptors (Lipinski definition) is 3. The molecule has 0 saturated heterocycles. The van der Waals surface area contributed by atoms with Gasteiger partial charge in [-0.15, -0.1) is 0 Å². The maximum atomic E-state index is 12.7. The molecule has 0 aliphatic carbocycles. The molecule has 5 heteroatoms. The quantitative estimate of drug-likeness (QED) is 0.755. The van der Waals surface area contributed by atoms with Crippen molar-refractivity contribution in [1.29, 1.82) is 0 Å². The molecule has 154 valence electrons. The number of carbonyl (C=O) groups excluding carboxylic acids is 2. The highest BCUT2D eigenvalue weighted by Gasteiger charge is 2.28. The molecule has 2 aromatic rings. The molecule has 0 saturated carbocycles. The highest BCUT2D eigenvalue weighted by molar-refractivity contribution is 5.98. The van der Waals surface area contributed by atoms with Crippen molar-refractivity contribution in [3.63, 3.8) is 0 Å². The predicted molar refractivity (Wildman–Crippen MR) is 116 cm³/mol. The summed E-state index contributed by atoms with van der Waals surface area (Å²) < 4.78 is 5.66. The molecule has 0 atom stereocenters. The summed E-state index contributed by atoms with van der Waals surface area (Å²) in [5.41, 5.74) is 3.50. The molecule has 1 aliphatic rings. The van der Waals surface area contributed by atoms with Gasteiger partial charge in [-0.05, 0) is 53.6 Å². The Morgan fingerprint density at radius 3 is 2.69 bits per heavy atom. The van der Waals surface area contributed by atoms with E-state index in [1.165, 1.54) is 5.56 Å². The standard InChI is InChI=1S/C24H30N2O3/c1-5-12-25-23(28)18-9-7-8-17(13-18)15-26-20-14-19(24(3,4)6-2)10-11-21(20)29-16-22(26)27/h7-11,13-14H,5-6,12,15-16H2,1-4H3,(H,25,28). The molecular weight excluding hydrogens is 364 g/mol. The van der Waals surface area contributed by atoms with Gasteiger partial charge in [0.1, 0.15) is 5.75 Å². The van der Waals surface area contributed by atoms with Gasteiger partial charge in [0.25, 0.3) is 11.8 Å². The Kier molecular flexibility index (Phi) is 6.26. The average molecular weight is 395 g/mol. The van der Waals surface area contributed by atoms with Crippen molar-refractivity contribution in [2.75, 3.05) is 18.1 Å². The lowest BCUT2D eigenvalue weighted by molar-refractivity contribution is -0.121. The predicted octanol–water partition coefficient (Wildman–Crippen LogP) is 4.44. The number of ether oxygens (including phenoxy) is 1. The number of carbonyl (C=O) groups is 2. The molecule has 0 radical (unpaired) electrons. The number of nitrogens with zero attached hydrogens (tertiary/aromatic N) is 1. The normalized spacial score (nSPS) is 13.7. The Bertz CT molecular complexity index is 905. The first-order valence-electron chi connectivity index (χ1n) is 10.3. The second kappa shape index (κ2) is 8.68. The van der Waals surface area contributed by atoms with Crippen molar-refractivity contribution < 1.29 is 14.3 Å². The fourth-order valence-electron chi connectivity index (χ4n) is 3.33. The maximum Gasteiger partial charge on any atom is 0.265 e. The zero-order valence-corrected chi connectivity index (χ0v) is 17.7. The first-order valence-corrected chi connectivity index (χ1v) is 10.3. The molecule has 1 aliphatic heterocycles. The summed E-state index contributed by atoms with van der Waals surface area (Å²) >= 11 is 0. The van der Waals surface area contributed by atoms with Crippen LogP contribution in [0.5, 0.6) is 5.75 Å². The molecule has 29 heavy (non-hydrogen) atoms.